The highest BCUT2D eigenvalue weighted by Gasteiger charge is 2.03. The van der Waals surface area contributed by atoms with Crippen molar-refractivity contribution in [2.45, 2.75) is 49.1 Å². The Morgan fingerprint density at radius 3 is 2.25 bits per heavy atom. The minimum Gasteiger partial charge on any atom is -0.328 e. The van der Waals surface area contributed by atoms with Crippen molar-refractivity contribution in [2.24, 2.45) is 5.73 Å². The third-order valence-electron chi connectivity index (χ3n) is 3.12. The minimum atomic E-state index is 0.180. The summed E-state index contributed by atoms with van der Waals surface area (Å²) in [6.45, 7) is 6.43. The van der Waals surface area contributed by atoms with Gasteiger partial charge >= 0.3 is 0 Å². The molecule has 2 N–H and O–H groups in total. The van der Waals surface area contributed by atoms with E-state index in [1.54, 1.807) is 11.8 Å². The Kier molecular flexibility index (Phi) is 5.21. The Balaban J connectivity index is 2.02. The molecule has 1 unspecified atom stereocenters. The number of hydrogen-bond acceptors (Lipinski definition) is 3. The lowest BCUT2D eigenvalue weighted by atomic mass is 10.0. The third-order valence-corrected chi connectivity index (χ3v) is 4.08. The molecular formula is C17H22N2S. The zero-order valence-electron chi connectivity index (χ0n) is 12.3. The smallest absolute Gasteiger partial charge is 0.101 e. The van der Waals surface area contributed by atoms with Gasteiger partial charge in [0.2, 0.25) is 0 Å². The lowest BCUT2D eigenvalue weighted by Crippen LogP contribution is -2.17. The van der Waals surface area contributed by atoms with Gasteiger partial charge in [0.05, 0.1) is 0 Å². The quantitative estimate of drug-likeness (QED) is 0.893. The molecule has 2 nitrogen and oxygen atoms in total. The Labute approximate surface area is 125 Å². The van der Waals surface area contributed by atoms with Gasteiger partial charge in [0.25, 0.3) is 0 Å². The van der Waals surface area contributed by atoms with Crippen LogP contribution >= 0.6 is 11.8 Å². The first-order chi connectivity index (χ1) is 9.54. The predicted octanol–water partition coefficient (Wildman–Crippen LogP) is 4.25. The van der Waals surface area contributed by atoms with Gasteiger partial charge < -0.3 is 5.73 Å². The first-order valence-electron chi connectivity index (χ1n) is 7.03. The summed E-state index contributed by atoms with van der Waals surface area (Å²) >= 11 is 1.69. The van der Waals surface area contributed by atoms with Crippen LogP contribution in [0.25, 0.3) is 0 Å². The van der Waals surface area contributed by atoms with Crippen molar-refractivity contribution in [1.29, 1.82) is 0 Å². The Bertz CT molecular complexity index is 530. The van der Waals surface area contributed by atoms with Crippen LogP contribution in [0.3, 0.4) is 0 Å². The maximum Gasteiger partial charge on any atom is 0.101 e. The molecule has 0 aliphatic rings. The number of benzene rings is 1. The standard InChI is InChI=1S/C17H22N2S/c1-12(2)15-5-7-16(8-6-15)20-17-9-4-14(11-19-17)10-13(3)18/h4-9,11-13H,10,18H2,1-3H3. The molecule has 0 saturated heterocycles. The van der Waals surface area contributed by atoms with Crippen molar-refractivity contribution < 1.29 is 0 Å². The van der Waals surface area contributed by atoms with E-state index in [0.717, 1.165) is 11.4 Å². The molecule has 106 valence electrons. The summed E-state index contributed by atoms with van der Waals surface area (Å²) in [6.07, 6.45) is 2.80. The van der Waals surface area contributed by atoms with E-state index in [1.165, 1.54) is 16.0 Å². The number of nitrogens with zero attached hydrogens (tertiary/aromatic N) is 1. The first-order valence-corrected chi connectivity index (χ1v) is 7.84. The van der Waals surface area contributed by atoms with Crippen molar-refractivity contribution in [3.8, 4) is 0 Å². The molecule has 1 atom stereocenters. The fourth-order valence-corrected chi connectivity index (χ4v) is 2.76. The van der Waals surface area contributed by atoms with Crippen molar-refractivity contribution in [2.75, 3.05) is 0 Å². The fourth-order valence-electron chi connectivity index (χ4n) is 2.01. The molecule has 1 heterocycles. The van der Waals surface area contributed by atoms with Crippen LogP contribution in [0.2, 0.25) is 0 Å². The van der Waals surface area contributed by atoms with Crippen molar-refractivity contribution >= 4 is 11.8 Å². The molecule has 0 aliphatic carbocycles. The zero-order valence-corrected chi connectivity index (χ0v) is 13.2. The average molecular weight is 286 g/mol. The topological polar surface area (TPSA) is 38.9 Å². The van der Waals surface area contributed by atoms with E-state index in [0.29, 0.717) is 5.92 Å². The number of pyridine rings is 1. The van der Waals surface area contributed by atoms with Crippen molar-refractivity contribution in [3.05, 3.63) is 53.7 Å². The lowest BCUT2D eigenvalue weighted by molar-refractivity contribution is 0.734. The molecule has 1 aromatic carbocycles. The summed E-state index contributed by atoms with van der Waals surface area (Å²) in [5, 5.41) is 1.02. The van der Waals surface area contributed by atoms with Crippen LogP contribution in [0.1, 0.15) is 37.8 Å². The zero-order chi connectivity index (χ0) is 14.5. The SMILES string of the molecule is CC(N)Cc1ccc(Sc2ccc(C(C)C)cc2)nc1. The molecule has 2 aromatic rings. The predicted molar refractivity (Wildman–Crippen MR) is 86.2 cm³/mol. The van der Waals surface area contributed by atoms with Crippen molar-refractivity contribution in [1.82, 2.24) is 4.98 Å². The average Bonchev–Trinajstić information content (AvgIpc) is 2.41. The second kappa shape index (κ2) is 6.91. The highest BCUT2D eigenvalue weighted by atomic mass is 32.2. The van der Waals surface area contributed by atoms with Gasteiger partial charge in [-0.05, 0) is 48.6 Å². The lowest BCUT2D eigenvalue weighted by Gasteiger charge is -2.07. The van der Waals surface area contributed by atoms with Crippen LogP contribution in [-0.4, -0.2) is 11.0 Å². The maximum absolute atomic E-state index is 5.79. The van der Waals surface area contributed by atoms with Gasteiger partial charge in [0, 0.05) is 17.1 Å². The number of hydrogen-bond donors (Lipinski definition) is 1. The molecule has 2 rings (SSSR count). The van der Waals surface area contributed by atoms with Gasteiger partial charge in [0.1, 0.15) is 5.03 Å². The molecule has 1 aromatic heterocycles. The van der Waals surface area contributed by atoms with Crippen molar-refractivity contribution in [3.63, 3.8) is 0 Å². The fraction of sp³-hybridized carbons (Fsp3) is 0.353. The Hall–Kier alpha value is -1.32. The molecule has 0 fully saturated rings. The van der Waals surface area contributed by atoms with Crippen LogP contribution in [0.4, 0.5) is 0 Å². The molecule has 0 amide bonds. The second-order valence-corrected chi connectivity index (χ2v) is 6.61. The summed E-state index contributed by atoms with van der Waals surface area (Å²) in [4.78, 5) is 5.72. The van der Waals surface area contributed by atoms with Crippen LogP contribution < -0.4 is 5.73 Å². The Morgan fingerprint density at radius 2 is 1.75 bits per heavy atom. The minimum absolute atomic E-state index is 0.180. The van der Waals surface area contributed by atoms with Gasteiger partial charge in [-0.3, -0.25) is 0 Å². The summed E-state index contributed by atoms with van der Waals surface area (Å²) in [7, 11) is 0. The van der Waals surface area contributed by atoms with Crippen LogP contribution in [-0.2, 0) is 6.42 Å². The normalized spacial score (nSPS) is 12.7. The monoisotopic (exact) mass is 286 g/mol. The number of rotatable bonds is 5. The van der Waals surface area contributed by atoms with E-state index in [2.05, 4.69) is 55.2 Å². The van der Waals surface area contributed by atoms with E-state index in [1.807, 2.05) is 13.1 Å². The second-order valence-electron chi connectivity index (χ2n) is 5.51. The van der Waals surface area contributed by atoms with Gasteiger partial charge in [-0.2, -0.15) is 0 Å². The Morgan fingerprint density at radius 1 is 1.05 bits per heavy atom. The largest absolute Gasteiger partial charge is 0.328 e. The van der Waals surface area contributed by atoms with Gasteiger partial charge in [0.15, 0.2) is 0 Å². The van der Waals surface area contributed by atoms with Crippen LogP contribution in [0, 0.1) is 0 Å². The first kappa shape index (κ1) is 15.1. The molecule has 0 spiro atoms. The van der Waals surface area contributed by atoms with E-state index in [9.17, 15) is 0 Å². The molecule has 0 bridgehead atoms. The molecule has 0 radical (unpaired) electrons. The summed E-state index contributed by atoms with van der Waals surface area (Å²) in [5.74, 6) is 0.574. The third kappa shape index (κ3) is 4.36. The molecule has 3 heteroatoms. The summed E-state index contributed by atoms with van der Waals surface area (Å²) in [6, 6.07) is 13.1. The van der Waals surface area contributed by atoms with Gasteiger partial charge in [-0.25, -0.2) is 4.98 Å². The highest BCUT2D eigenvalue weighted by Crippen LogP contribution is 2.27. The van der Waals surface area contributed by atoms with E-state index in [-0.39, 0.29) is 6.04 Å². The number of nitrogens with two attached hydrogens (primary N) is 1. The molecule has 0 saturated carbocycles. The molecule has 0 aliphatic heterocycles. The summed E-state index contributed by atoms with van der Waals surface area (Å²) < 4.78 is 0. The van der Waals surface area contributed by atoms with Gasteiger partial charge in [-0.1, -0.05) is 43.8 Å². The number of aromatic nitrogens is 1. The van der Waals surface area contributed by atoms with Crippen LogP contribution in [0.15, 0.2) is 52.5 Å². The highest BCUT2D eigenvalue weighted by molar-refractivity contribution is 7.99. The van der Waals surface area contributed by atoms with E-state index in [4.69, 9.17) is 5.73 Å². The van der Waals surface area contributed by atoms with E-state index < -0.39 is 0 Å². The van der Waals surface area contributed by atoms with Crippen LogP contribution in [0.5, 0.6) is 0 Å². The van der Waals surface area contributed by atoms with Gasteiger partial charge in [-0.15, -0.1) is 0 Å². The maximum atomic E-state index is 5.79. The molecule has 20 heavy (non-hydrogen) atoms. The van der Waals surface area contributed by atoms with E-state index >= 15 is 0 Å². The summed E-state index contributed by atoms with van der Waals surface area (Å²) in [5.41, 5.74) is 8.36. The molecular weight excluding hydrogens is 264 g/mol.